The van der Waals surface area contributed by atoms with Crippen molar-refractivity contribution in [3.05, 3.63) is 88.4 Å². The van der Waals surface area contributed by atoms with E-state index in [1.165, 1.54) is 0 Å². The number of rotatable bonds is 5. The first-order valence-corrected chi connectivity index (χ1v) is 11.0. The van der Waals surface area contributed by atoms with Gasteiger partial charge in [-0.3, -0.25) is 9.59 Å². The van der Waals surface area contributed by atoms with Crippen LogP contribution >= 0.6 is 15.9 Å². The Morgan fingerprint density at radius 3 is 1.64 bits per heavy atom. The van der Waals surface area contributed by atoms with Crippen LogP contribution in [0.15, 0.2) is 77.3 Å². The number of carbonyl (C=O) groups excluding carboxylic acids is 2. The molecular weight excluding hydrogens is 556 g/mol. The highest BCUT2D eigenvalue weighted by Gasteiger charge is 2.39. The van der Waals surface area contributed by atoms with Crippen molar-refractivity contribution in [3.63, 3.8) is 0 Å². The number of anilines is 1. The van der Waals surface area contributed by atoms with Gasteiger partial charge in [0, 0.05) is 23.2 Å². The zero-order valence-electron chi connectivity index (χ0n) is 18.4. The number of hydrogen-bond acceptors (Lipinski definition) is 3. The van der Waals surface area contributed by atoms with Crippen molar-refractivity contribution in [2.45, 2.75) is 25.4 Å². The number of alkyl halides is 6. The third-order valence-corrected chi connectivity index (χ3v) is 5.36. The van der Waals surface area contributed by atoms with Gasteiger partial charge in [0.05, 0.1) is 0 Å². The number of benzene rings is 3. The highest BCUT2D eigenvalue weighted by atomic mass is 79.9. The smallest absolute Gasteiger partial charge is 0.399 e. The predicted molar refractivity (Wildman–Crippen MR) is 126 cm³/mol. The molecule has 12 heteroatoms. The third kappa shape index (κ3) is 8.91. The standard InChI is InChI=1S/C15H13F3N2O.C9H7BrF3NO/c16-15(17,18)14(21)20-9-11-3-1-2-4-13(11)10-5-7-12(19)8-6-10;10-7-4-2-1-3-6(7)5-14-8(15)9(11,12)13/h1-8H,9,19H2,(H,20,21);1-4H,5H2,(H,14,15). The average molecular weight is 576 g/mol. The lowest BCUT2D eigenvalue weighted by molar-refractivity contribution is -0.173. The van der Waals surface area contributed by atoms with E-state index >= 15 is 0 Å². The summed E-state index contributed by atoms with van der Waals surface area (Å²) in [5.41, 5.74) is 8.97. The zero-order chi connectivity index (χ0) is 26.9. The molecule has 2 amide bonds. The number of hydrogen-bond donors (Lipinski definition) is 3. The maximum absolute atomic E-state index is 12.2. The van der Waals surface area contributed by atoms with E-state index in [1.807, 2.05) is 5.32 Å². The van der Waals surface area contributed by atoms with Gasteiger partial charge in [-0.05, 0) is 40.5 Å². The minimum absolute atomic E-state index is 0.153. The van der Waals surface area contributed by atoms with E-state index < -0.39 is 24.2 Å². The molecule has 3 rings (SSSR count). The number of halogens is 7. The van der Waals surface area contributed by atoms with Crippen LogP contribution in [0.3, 0.4) is 0 Å². The minimum atomic E-state index is -4.88. The van der Waals surface area contributed by atoms with Crippen molar-refractivity contribution >= 4 is 33.4 Å². The number of nitrogens with two attached hydrogens (primary N) is 1. The van der Waals surface area contributed by atoms with Gasteiger partial charge in [0.15, 0.2) is 0 Å². The molecule has 0 saturated carbocycles. The normalized spacial score (nSPS) is 11.2. The monoisotopic (exact) mass is 575 g/mol. The van der Waals surface area contributed by atoms with Crippen molar-refractivity contribution in [1.29, 1.82) is 0 Å². The summed E-state index contributed by atoms with van der Waals surface area (Å²) in [7, 11) is 0. The number of carbonyl (C=O) groups is 2. The van der Waals surface area contributed by atoms with E-state index in [0.29, 0.717) is 21.3 Å². The molecule has 0 spiro atoms. The summed E-state index contributed by atoms with van der Waals surface area (Å²) in [6, 6.07) is 20.6. The molecule has 0 aliphatic carbocycles. The number of nitrogens with one attached hydrogen (secondary N) is 2. The lowest BCUT2D eigenvalue weighted by Gasteiger charge is -2.12. The van der Waals surface area contributed by atoms with Crippen LogP contribution in [0.2, 0.25) is 0 Å². The maximum Gasteiger partial charge on any atom is 0.471 e. The van der Waals surface area contributed by atoms with Gasteiger partial charge >= 0.3 is 24.2 Å². The Morgan fingerprint density at radius 1 is 0.694 bits per heavy atom. The summed E-state index contributed by atoms with van der Waals surface area (Å²) in [5.74, 6) is -3.88. The second kappa shape index (κ2) is 12.4. The van der Waals surface area contributed by atoms with Crippen molar-refractivity contribution in [3.8, 4) is 11.1 Å². The highest BCUT2D eigenvalue weighted by molar-refractivity contribution is 9.10. The highest BCUT2D eigenvalue weighted by Crippen LogP contribution is 2.25. The van der Waals surface area contributed by atoms with Crippen molar-refractivity contribution < 1.29 is 35.9 Å². The Bertz CT molecular complexity index is 1180. The Balaban J connectivity index is 0.000000269. The SMILES string of the molecule is Nc1ccc(-c2ccccc2CNC(=O)C(F)(F)F)cc1.O=C(NCc1ccccc1Br)C(F)(F)F. The molecule has 3 aromatic rings. The Morgan fingerprint density at radius 2 is 1.14 bits per heavy atom. The molecule has 36 heavy (non-hydrogen) atoms. The number of amides is 2. The first-order valence-electron chi connectivity index (χ1n) is 10.2. The van der Waals surface area contributed by atoms with E-state index in [0.717, 1.165) is 11.1 Å². The molecule has 0 fully saturated rings. The van der Waals surface area contributed by atoms with E-state index in [-0.39, 0.29) is 13.1 Å². The fraction of sp³-hybridized carbons (Fsp3) is 0.167. The molecule has 0 heterocycles. The summed E-state index contributed by atoms with van der Waals surface area (Å²) < 4.78 is 72.7. The quantitative estimate of drug-likeness (QED) is 0.268. The van der Waals surface area contributed by atoms with Crippen LogP contribution in [0.5, 0.6) is 0 Å². The zero-order valence-corrected chi connectivity index (χ0v) is 20.0. The van der Waals surface area contributed by atoms with Gasteiger partial charge in [-0.1, -0.05) is 70.5 Å². The molecule has 0 unspecified atom stereocenters. The molecule has 0 aliphatic rings. The van der Waals surface area contributed by atoms with E-state index in [1.54, 1.807) is 78.1 Å². The summed E-state index contributed by atoms with van der Waals surface area (Å²) in [5, 5.41) is 3.66. The fourth-order valence-corrected chi connectivity index (χ4v) is 3.24. The van der Waals surface area contributed by atoms with Gasteiger partial charge in [0.1, 0.15) is 0 Å². The van der Waals surface area contributed by atoms with Crippen LogP contribution in [0, 0.1) is 0 Å². The van der Waals surface area contributed by atoms with Crippen molar-refractivity contribution in [2.24, 2.45) is 0 Å². The second-order valence-electron chi connectivity index (χ2n) is 7.23. The molecule has 0 bridgehead atoms. The molecule has 0 aliphatic heterocycles. The van der Waals surface area contributed by atoms with E-state index in [2.05, 4.69) is 15.9 Å². The van der Waals surface area contributed by atoms with Crippen LogP contribution in [0.1, 0.15) is 11.1 Å². The van der Waals surface area contributed by atoms with Crippen LogP contribution in [0.4, 0.5) is 32.0 Å². The predicted octanol–water partition coefficient (Wildman–Crippen LogP) is 5.74. The van der Waals surface area contributed by atoms with E-state index in [4.69, 9.17) is 5.73 Å². The molecule has 0 radical (unpaired) electrons. The van der Waals surface area contributed by atoms with Gasteiger partial charge in [0.2, 0.25) is 0 Å². The molecule has 3 aromatic carbocycles. The van der Waals surface area contributed by atoms with Crippen LogP contribution < -0.4 is 16.4 Å². The summed E-state index contributed by atoms with van der Waals surface area (Å²) in [6.45, 7) is -0.349. The van der Waals surface area contributed by atoms with E-state index in [9.17, 15) is 35.9 Å². The second-order valence-corrected chi connectivity index (χ2v) is 8.09. The van der Waals surface area contributed by atoms with Crippen molar-refractivity contribution in [1.82, 2.24) is 10.6 Å². The third-order valence-electron chi connectivity index (χ3n) is 4.59. The van der Waals surface area contributed by atoms with Crippen LogP contribution in [-0.2, 0) is 22.7 Å². The van der Waals surface area contributed by atoms with Gasteiger partial charge in [0.25, 0.3) is 0 Å². The largest absolute Gasteiger partial charge is 0.471 e. The topological polar surface area (TPSA) is 84.2 Å². The molecule has 0 saturated heterocycles. The molecule has 0 aromatic heterocycles. The van der Waals surface area contributed by atoms with Crippen LogP contribution in [0.25, 0.3) is 11.1 Å². The Labute approximate surface area is 210 Å². The Kier molecular flexibility index (Phi) is 9.91. The van der Waals surface area contributed by atoms with Gasteiger partial charge in [-0.2, -0.15) is 26.3 Å². The lowest BCUT2D eigenvalue weighted by Crippen LogP contribution is -2.36. The van der Waals surface area contributed by atoms with Crippen LogP contribution in [-0.4, -0.2) is 24.2 Å². The minimum Gasteiger partial charge on any atom is -0.399 e. The first kappa shape index (κ1) is 28.7. The maximum atomic E-state index is 12.2. The average Bonchev–Trinajstić information content (AvgIpc) is 2.82. The molecule has 192 valence electrons. The molecular formula is C24H20BrF6N3O2. The number of nitrogen functional groups attached to an aromatic ring is 1. The molecule has 5 nitrogen and oxygen atoms in total. The summed E-state index contributed by atoms with van der Waals surface area (Å²) in [6.07, 6.45) is -9.71. The van der Waals surface area contributed by atoms with Gasteiger partial charge < -0.3 is 16.4 Å². The van der Waals surface area contributed by atoms with Gasteiger partial charge in [-0.25, -0.2) is 0 Å². The lowest BCUT2D eigenvalue weighted by atomic mass is 9.99. The molecule has 4 N–H and O–H groups in total. The molecule has 0 atom stereocenters. The first-order chi connectivity index (χ1) is 16.8. The Hall–Kier alpha value is -3.54. The summed E-state index contributed by atoms with van der Waals surface area (Å²) in [4.78, 5) is 21.4. The fourth-order valence-electron chi connectivity index (χ4n) is 2.81. The van der Waals surface area contributed by atoms with Gasteiger partial charge in [-0.15, -0.1) is 0 Å². The van der Waals surface area contributed by atoms with Crippen molar-refractivity contribution in [2.75, 3.05) is 5.73 Å². The summed E-state index contributed by atoms with van der Waals surface area (Å²) >= 11 is 3.16.